The molecule has 0 unspecified atom stereocenters. The summed E-state index contributed by atoms with van der Waals surface area (Å²) >= 11 is 6.06. The summed E-state index contributed by atoms with van der Waals surface area (Å²) in [5.41, 5.74) is -1.52. The Hall–Kier alpha value is -2.10. The average molecular weight is 447 g/mol. The molecule has 0 aromatic heterocycles. The molecule has 29 heavy (non-hydrogen) atoms. The summed E-state index contributed by atoms with van der Waals surface area (Å²) in [5, 5.41) is 2.15. The van der Waals surface area contributed by atoms with Gasteiger partial charge in [-0.05, 0) is 43.2 Å². The van der Waals surface area contributed by atoms with Crippen LogP contribution in [0.1, 0.15) is 35.2 Å². The third kappa shape index (κ3) is 4.73. The topological polar surface area (TPSA) is 66.5 Å². The molecule has 1 heterocycles. The minimum atomic E-state index is -4.65. The average Bonchev–Trinajstić information content (AvgIpc) is 2.68. The summed E-state index contributed by atoms with van der Waals surface area (Å²) in [6.45, 7) is 0.710. The van der Waals surface area contributed by atoms with Crippen LogP contribution in [0, 0.1) is 0 Å². The molecular formula is C19H18ClF3N2O3S. The van der Waals surface area contributed by atoms with Crippen molar-refractivity contribution in [2.24, 2.45) is 0 Å². The fourth-order valence-corrected chi connectivity index (χ4v) is 5.14. The Morgan fingerprint density at radius 1 is 1.03 bits per heavy atom. The van der Waals surface area contributed by atoms with Gasteiger partial charge in [0.25, 0.3) is 5.91 Å². The molecule has 1 saturated heterocycles. The van der Waals surface area contributed by atoms with Crippen molar-refractivity contribution in [1.82, 2.24) is 4.31 Å². The van der Waals surface area contributed by atoms with Crippen molar-refractivity contribution in [3.8, 4) is 0 Å². The molecule has 2 aromatic rings. The first kappa shape index (κ1) is 21.6. The van der Waals surface area contributed by atoms with E-state index in [4.69, 9.17) is 11.6 Å². The quantitative estimate of drug-likeness (QED) is 0.734. The van der Waals surface area contributed by atoms with Crippen LogP contribution in [0.25, 0.3) is 0 Å². The molecule has 5 nitrogen and oxygen atoms in total. The van der Waals surface area contributed by atoms with Crippen LogP contribution in [0.2, 0.25) is 5.02 Å². The van der Waals surface area contributed by atoms with E-state index >= 15 is 0 Å². The van der Waals surface area contributed by atoms with Crippen LogP contribution in [0.3, 0.4) is 0 Å². The van der Waals surface area contributed by atoms with Crippen LogP contribution in [0.5, 0.6) is 0 Å². The molecule has 0 atom stereocenters. The first-order valence-electron chi connectivity index (χ1n) is 8.88. The van der Waals surface area contributed by atoms with Gasteiger partial charge in [-0.3, -0.25) is 4.79 Å². The first-order chi connectivity index (χ1) is 13.6. The number of sulfonamides is 1. The van der Waals surface area contributed by atoms with Crippen molar-refractivity contribution in [3.05, 3.63) is 58.6 Å². The van der Waals surface area contributed by atoms with E-state index in [1.165, 1.54) is 28.6 Å². The highest BCUT2D eigenvalue weighted by Gasteiger charge is 2.34. The van der Waals surface area contributed by atoms with Gasteiger partial charge >= 0.3 is 6.18 Å². The number of amides is 1. The van der Waals surface area contributed by atoms with Crippen molar-refractivity contribution in [3.63, 3.8) is 0 Å². The second kappa shape index (κ2) is 8.33. The molecule has 3 rings (SSSR count). The standard InChI is InChI=1S/C19H18ClF3N2O3S/c20-15-9-8-13(12-17(15)29(27,28)25-10-4-1-5-11-25)18(26)24-16-7-3-2-6-14(16)19(21,22)23/h2-3,6-9,12H,1,4-5,10-11H2,(H,24,26). The molecule has 1 N–H and O–H groups in total. The number of rotatable bonds is 4. The number of carbonyl (C=O) groups excluding carboxylic acids is 1. The molecule has 156 valence electrons. The predicted molar refractivity (Wildman–Crippen MR) is 103 cm³/mol. The van der Waals surface area contributed by atoms with E-state index in [0.29, 0.717) is 13.1 Å². The van der Waals surface area contributed by atoms with Gasteiger partial charge in [0.2, 0.25) is 10.0 Å². The molecule has 1 amide bonds. The lowest BCUT2D eigenvalue weighted by atomic mass is 10.1. The van der Waals surface area contributed by atoms with Crippen molar-refractivity contribution < 1.29 is 26.4 Å². The van der Waals surface area contributed by atoms with Crippen LogP contribution in [-0.4, -0.2) is 31.7 Å². The summed E-state index contributed by atoms with van der Waals surface area (Å²) in [6.07, 6.45) is -2.26. The van der Waals surface area contributed by atoms with E-state index in [0.717, 1.165) is 37.5 Å². The Kier molecular flexibility index (Phi) is 6.21. The highest BCUT2D eigenvalue weighted by molar-refractivity contribution is 7.89. The summed E-state index contributed by atoms with van der Waals surface area (Å²) in [5.74, 6) is -0.867. The third-order valence-electron chi connectivity index (χ3n) is 4.61. The van der Waals surface area contributed by atoms with Gasteiger partial charge in [0, 0.05) is 18.7 Å². The second-order valence-corrected chi connectivity index (χ2v) is 8.92. The van der Waals surface area contributed by atoms with Crippen molar-refractivity contribution in [2.75, 3.05) is 18.4 Å². The molecule has 10 heteroatoms. The Labute approximate surface area is 171 Å². The van der Waals surface area contributed by atoms with Crippen LogP contribution < -0.4 is 5.32 Å². The summed E-state index contributed by atoms with van der Waals surface area (Å²) in [7, 11) is -3.91. The van der Waals surface area contributed by atoms with Crippen molar-refractivity contribution in [2.45, 2.75) is 30.3 Å². The molecule has 1 aliphatic heterocycles. The third-order valence-corrected chi connectivity index (χ3v) is 6.99. The maximum atomic E-state index is 13.1. The van der Waals surface area contributed by atoms with Crippen molar-refractivity contribution in [1.29, 1.82) is 0 Å². The second-order valence-electron chi connectivity index (χ2n) is 6.61. The predicted octanol–water partition coefficient (Wildman–Crippen LogP) is 4.79. The molecule has 0 aliphatic carbocycles. The van der Waals surface area contributed by atoms with E-state index in [2.05, 4.69) is 5.32 Å². The highest BCUT2D eigenvalue weighted by Crippen LogP contribution is 2.35. The molecule has 0 radical (unpaired) electrons. The summed E-state index contributed by atoms with van der Waals surface area (Å²) in [4.78, 5) is 12.3. The SMILES string of the molecule is O=C(Nc1ccccc1C(F)(F)F)c1ccc(Cl)c(S(=O)(=O)N2CCCCC2)c1. The van der Waals surface area contributed by atoms with E-state index in [9.17, 15) is 26.4 Å². The zero-order valence-electron chi connectivity index (χ0n) is 15.2. The number of nitrogens with zero attached hydrogens (tertiary/aromatic N) is 1. The lowest BCUT2D eigenvalue weighted by Crippen LogP contribution is -2.35. The van der Waals surface area contributed by atoms with Gasteiger partial charge in [0.05, 0.1) is 16.3 Å². The highest BCUT2D eigenvalue weighted by atomic mass is 35.5. The number of hydrogen-bond acceptors (Lipinski definition) is 3. The fraction of sp³-hybridized carbons (Fsp3) is 0.316. The van der Waals surface area contributed by atoms with E-state index in [1.54, 1.807) is 0 Å². The van der Waals surface area contributed by atoms with Gasteiger partial charge in [-0.15, -0.1) is 0 Å². The van der Waals surface area contributed by atoms with E-state index < -0.39 is 33.4 Å². The molecule has 2 aromatic carbocycles. The normalized spacial score (nSPS) is 15.9. The zero-order chi connectivity index (χ0) is 21.2. The number of halogens is 4. The molecule has 0 bridgehead atoms. The molecular weight excluding hydrogens is 429 g/mol. The molecule has 1 fully saturated rings. The maximum absolute atomic E-state index is 13.1. The maximum Gasteiger partial charge on any atom is 0.418 e. The van der Waals surface area contributed by atoms with Gasteiger partial charge in [0.1, 0.15) is 4.90 Å². The van der Waals surface area contributed by atoms with Crippen LogP contribution >= 0.6 is 11.6 Å². The Morgan fingerprint density at radius 3 is 2.34 bits per heavy atom. The van der Waals surface area contributed by atoms with Crippen LogP contribution in [0.15, 0.2) is 47.4 Å². The first-order valence-corrected chi connectivity index (χ1v) is 10.7. The van der Waals surface area contributed by atoms with E-state index in [-0.39, 0.29) is 15.5 Å². The number of carbonyl (C=O) groups is 1. The fourth-order valence-electron chi connectivity index (χ4n) is 3.12. The minimum absolute atomic E-state index is 0.0529. The van der Waals surface area contributed by atoms with Gasteiger partial charge in [-0.2, -0.15) is 17.5 Å². The van der Waals surface area contributed by atoms with Crippen LogP contribution in [-0.2, 0) is 16.2 Å². The van der Waals surface area contributed by atoms with Crippen molar-refractivity contribution >= 4 is 33.2 Å². The Balaban J connectivity index is 1.91. The summed E-state index contributed by atoms with van der Waals surface area (Å²) < 4.78 is 66.5. The Bertz CT molecular complexity index is 1020. The number of benzene rings is 2. The number of piperidine rings is 1. The Morgan fingerprint density at radius 2 is 1.69 bits per heavy atom. The van der Waals surface area contributed by atoms with Crippen LogP contribution in [0.4, 0.5) is 18.9 Å². The minimum Gasteiger partial charge on any atom is -0.321 e. The lowest BCUT2D eigenvalue weighted by molar-refractivity contribution is -0.136. The number of hydrogen-bond donors (Lipinski definition) is 1. The van der Waals surface area contributed by atoms with Gasteiger partial charge < -0.3 is 5.32 Å². The zero-order valence-corrected chi connectivity index (χ0v) is 16.7. The lowest BCUT2D eigenvalue weighted by Gasteiger charge is -2.26. The number of para-hydroxylation sites is 1. The van der Waals surface area contributed by atoms with Gasteiger partial charge in [0.15, 0.2) is 0 Å². The monoisotopic (exact) mass is 446 g/mol. The molecule has 1 aliphatic rings. The number of alkyl halides is 3. The largest absolute Gasteiger partial charge is 0.418 e. The molecule has 0 saturated carbocycles. The number of nitrogens with one attached hydrogen (secondary N) is 1. The van der Waals surface area contributed by atoms with Gasteiger partial charge in [-0.25, -0.2) is 8.42 Å². The smallest absolute Gasteiger partial charge is 0.321 e. The summed E-state index contributed by atoms with van der Waals surface area (Å²) in [6, 6.07) is 8.17. The molecule has 0 spiro atoms. The van der Waals surface area contributed by atoms with Gasteiger partial charge in [-0.1, -0.05) is 30.2 Å². The number of anilines is 1. The van der Waals surface area contributed by atoms with E-state index in [1.807, 2.05) is 0 Å².